The molecule has 0 radical (unpaired) electrons. The van der Waals surface area contributed by atoms with E-state index < -0.39 is 0 Å². The van der Waals surface area contributed by atoms with Gasteiger partial charge < -0.3 is 4.90 Å². The van der Waals surface area contributed by atoms with E-state index in [0.29, 0.717) is 11.1 Å². The number of rotatable bonds is 5. The van der Waals surface area contributed by atoms with Crippen LogP contribution in [0.5, 0.6) is 0 Å². The molecule has 1 aliphatic rings. The van der Waals surface area contributed by atoms with Gasteiger partial charge in [0.05, 0.1) is 11.1 Å². The van der Waals surface area contributed by atoms with Gasteiger partial charge >= 0.3 is 0 Å². The van der Waals surface area contributed by atoms with Crippen molar-refractivity contribution in [3.63, 3.8) is 0 Å². The van der Waals surface area contributed by atoms with Crippen molar-refractivity contribution in [2.75, 3.05) is 6.54 Å². The summed E-state index contributed by atoms with van der Waals surface area (Å²) in [5.74, 6) is -0.662. The molecule has 22 heavy (non-hydrogen) atoms. The predicted molar refractivity (Wildman–Crippen MR) is 83.5 cm³/mol. The smallest absolute Gasteiger partial charge is 0.261 e. The van der Waals surface area contributed by atoms with Crippen LogP contribution in [0.4, 0.5) is 0 Å². The molecule has 1 aliphatic heterocycles. The first-order valence-corrected chi connectivity index (χ1v) is 7.61. The van der Waals surface area contributed by atoms with Gasteiger partial charge in [0.25, 0.3) is 11.8 Å². The lowest BCUT2D eigenvalue weighted by atomic mass is 10.1. The van der Waals surface area contributed by atoms with Crippen LogP contribution >= 0.6 is 0 Å². The Balaban J connectivity index is 2.06. The van der Waals surface area contributed by atoms with Crippen molar-refractivity contribution >= 4 is 17.7 Å². The van der Waals surface area contributed by atoms with Crippen LogP contribution in [0.25, 0.3) is 0 Å². The highest BCUT2D eigenvalue weighted by molar-refractivity contribution is 6.21. The second-order valence-corrected chi connectivity index (χ2v) is 6.05. The van der Waals surface area contributed by atoms with Crippen molar-refractivity contribution in [1.82, 2.24) is 9.80 Å². The molecule has 0 unspecified atom stereocenters. The molecule has 0 saturated heterocycles. The minimum absolute atomic E-state index is 0.0402. The standard InChI is InChI=1S/C17H22N2O3/c1-11(2)19(12(3)4)15(20)9-10-18-16(21)13-7-5-6-8-14(13)17(18)22/h5-8,11-12H,9-10H2,1-4H3. The van der Waals surface area contributed by atoms with Crippen LogP contribution in [0.3, 0.4) is 0 Å². The Hall–Kier alpha value is -2.17. The first-order valence-electron chi connectivity index (χ1n) is 7.61. The summed E-state index contributed by atoms with van der Waals surface area (Å²) in [6.45, 7) is 7.96. The van der Waals surface area contributed by atoms with E-state index in [1.165, 1.54) is 4.90 Å². The number of fused-ring (bicyclic) bond motifs is 1. The van der Waals surface area contributed by atoms with Crippen LogP contribution in [0.15, 0.2) is 24.3 Å². The molecule has 0 N–H and O–H groups in total. The quantitative estimate of drug-likeness (QED) is 0.784. The zero-order valence-electron chi connectivity index (χ0n) is 13.5. The number of amides is 3. The molecular formula is C17H22N2O3. The lowest BCUT2D eigenvalue weighted by molar-refractivity contribution is -0.134. The van der Waals surface area contributed by atoms with Crippen LogP contribution in [0, 0.1) is 0 Å². The number of hydrogen-bond acceptors (Lipinski definition) is 3. The number of carbonyl (C=O) groups excluding carboxylic acids is 3. The van der Waals surface area contributed by atoms with Gasteiger partial charge in [0.2, 0.25) is 5.91 Å². The summed E-state index contributed by atoms with van der Waals surface area (Å²) in [5.41, 5.74) is 0.842. The highest BCUT2D eigenvalue weighted by Gasteiger charge is 2.35. The molecule has 0 aliphatic carbocycles. The van der Waals surface area contributed by atoms with Crippen molar-refractivity contribution in [3.8, 4) is 0 Å². The summed E-state index contributed by atoms with van der Waals surface area (Å²) >= 11 is 0. The fraction of sp³-hybridized carbons (Fsp3) is 0.471. The Bertz CT molecular complexity index is 565. The van der Waals surface area contributed by atoms with E-state index in [1.54, 1.807) is 29.2 Å². The minimum Gasteiger partial charge on any atom is -0.338 e. The van der Waals surface area contributed by atoms with Crippen molar-refractivity contribution in [3.05, 3.63) is 35.4 Å². The highest BCUT2D eigenvalue weighted by Crippen LogP contribution is 2.22. The van der Waals surface area contributed by atoms with Gasteiger partial charge in [-0.05, 0) is 39.8 Å². The van der Waals surface area contributed by atoms with Crippen LogP contribution in [-0.4, -0.2) is 46.1 Å². The number of imide groups is 1. The normalized spacial score (nSPS) is 14.0. The zero-order chi connectivity index (χ0) is 16.4. The highest BCUT2D eigenvalue weighted by atomic mass is 16.2. The predicted octanol–water partition coefficient (Wildman–Crippen LogP) is 2.32. The van der Waals surface area contributed by atoms with Gasteiger partial charge in [-0.3, -0.25) is 19.3 Å². The molecule has 118 valence electrons. The SMILES string of the molecule is CC(C)N(C(=O)CCN1C(=O)c2ccccc2C1=O)C(C)C. The monoisotopic (exact) mass is 302 g/mol. The molecule has 3 amide bonds. The van der Waals surface area contributed by atoms with Crippen LogP contribution < -0.4 is 0 Å². The average Bonchev–Trinajstić information content (AvgIpc) is 2.69. The largest absolute Gasteiger partial charge is 0.338 e. The van der Waals surface area contributed by atoms with Gasteiger partial charge in [0.15, 0.2) is 0 Å². The Morgan fingerprint density at radius 2 is 1.45 bits per heavy atom. The first kappa shape index (κ1) is 16.2. The van der Waals surface area contributed by atoms with Gasteiger partial charge in [0.1, 0.15) is 0 Å². The van der Waals surface area contributed by atoms with Crippen molar-refractivity contribution in [1.29, 1.82) is 0 Å². The average molecular weight is 302 g/mol. The number of carbonyl (C=O) groups is 3. The fourth-order valence-corrected chi connectivity index (χ4v) is 2.95. The molecule has 0 bridgehead atoms. The number of nitrogens with zero attached hydrogens (tertiary/aromatic N) is 2. The molecule has 0 atom stereocenters. The van der Waals surface area contributed by atoms with Gasteiger partial charge in [-0.2, -0.15) is 0 Å². The lowest BCUT2D eigenvalue weighted by Gasteiger charge is -2.31. The van der Waals surface area contributed by atoms with E-state index in [1.807, 2.05) is 27.7 Å². The fourth-order valence-electron chi connectivity index (χ4n) is 2.95. The van der Waals surface area contributed by atoms with Gasteiger partial charge in [-0.15, -0.1) is 0 Å². The van der Waals surface area contributed by atoms with E-state index in [0.717, 1.165) is 0 Å². The second kappa shape index (κ2) is 6.30. The number of benzene rings is 1. The van der Waals surface area contributed by atoms with E-state index in [2.05, 4.69) is 0 Å². The molecule has 2 rings (SSSR count). The van der Waals surface area contributed by atoms with Crippen molar-refractivity contribution in [2.24, 2.45) is 0 Å². The van der Waals surface area contributed by atoms with E-state index in [-0.39, 0.29) is 42.8 Å². The van der Waals surface area contributed by atoms with Gasteiger partial charge in [-0.25, -0.2) is 0 Å². The molecule has 0 spiro atoms. The molecular weight excluding hydrogens is 280 g/mol. The summed E-state index contributed by atoms with van der Waals surface area (Å²) in [7, 11) is 0. The molecule has 5 nitrogen and oxygen atoms in total. The van der Waals surface area contributed by atoms with Crippen molar-refractivity contribution < 1.29 is 14.4 Å². The van der Waals surface area contributed by atoms with E-state index in [9.17, 15) is 14.4 Å². The topological polar surface area (TPSA) is 57.7 Å². The van der Waals surface area contributed by atoms with Crippen LogP contribution in [0.2, 0.25) is 0 Å². The molecule has 0 saturated carbocycles. The van der Waals surface area contributed by atoms with Crippen LogP contribution in [-0.2, 0) is 4.79 Å². The van der Waals surface area contributed by atoms with Crippen LogP contribution in [0.1, 0.15) is 54.8 Å². The minimum atomic E-state index is -0.311. The van der Waals surface area contributed by atoms with Gasteiger partial charge in [-0.1, -0.05) is 12.1 Å². The van der Waals surface area contributed by atoms with Crippen molar-refractivity contribution in [2.45, 2.75) is 46.2 Å². The molecule has 1 heterocycles. The maximum atomic E-state index is 12.3. The zero-order valence-corrected chi connectivity index (χ0v) is 13.5. The third kappa shape index (κ3) is 2.89. The molecule has 0 fully saturated rings. The van der Waals surface area contributed by atoms with E-state index in [4.69, 9.17) is 0 Å². The molecule has 0 aromatic heterocycles. The Kier molecular flexibility index (Phi) is 4.64. The van der Waals surface area contributed by atoms with Gasteiger partial charge in [0, 0.05) is 25.0 Å². The lowest BCUT2D eigenvalue weighted by Crippen LogP contribution is -2.43. The van der Waals surface area contributed by atoms with E-state index >= 15 is 0 Å². The second-order valence-electron chi connectivity index (χ2n) is 6.05. The maximum absolute atomic E-state index is 12.3. The summed E-state index contributed by atoms with van der Waals surface area (Å²) in [4.78, 5) is 39.8. The first-order chi connectivity index (χ1) is 10.3. The Morgan fingerprint density at radius 1 is 1.00 bits per heavy atom. The summed E-state index contributed by atoms with van der Waals surface area (Å²) < 4.78 is 0. The summed E-state index contributed by atoms with van der Waals surface area (Å²) in [5, 5.41) is 0. The third-order valence-corrected chi connectivity index (χ3v) is 3.83. The number of hydrogen-bond donors (Lipinski definition) is 0. The summed E-state index contributed by atoms with van der Waals surface area (Å²) in [6, 6.07) is 6.94. The molecule has 5 heteroatoms. The molecule has 1 aromatic rings. The Morgan fingerprint density at radius 3 is 1.86 bits per heavy atom. The third-order valence-electron chi connectivity index (χ3n) is 3.83. The maximum Gasteiger partial charge on any atom is 0.261 e. The summed E-state index contributed by atoms with van der Waals surface area (Å²) in [6.07, 6.45) is 0.155. The molecule has 1 aromatic carbocycles. The Labute approximate surface area is 130 Å².